The van der Waals surface area contributed by atoms with Gasteiger partial charge in [-0.25, -0.2) is 4.98 Å². The Hall–Kier alpha value is -1.36. The zero-order chi connectivity index (χ0) is 10.8. The summed E-state index contributed by atoms with van der Waals surface area (Å²) in [6.45, 7) is 3.90. The average Bonchev–Trinajstić information content (AvgIpc) is 2.06. The van der Waals surface area contributed by atoms with Crippen molar-refractivity contribution < 1.29 is 4.74 Å². The molecule has 5 heteroatoms. The molecule has 78 valence electrons. The molecule has 0 saturated heterocycles. The molecular formula is C9H15N3O2. The van der Waals surface area contributed by atoms with Crippen LogP contribution in [0.15, 0.2) is 17.2 Å². The van der Waals surface area contributed by atoms with Gasteiger partial charge >= 0.3 is 5.56 Å². The molecule has 0 bridgehead atoms. The van der Waals surface area contributed by atoms with Gasteiger partial charge < -0.3 is 15.0 Å². The van der Waals surface area contributed by atoms with Gasteiger partial charge in [-0.15, -0.1) is 0 Å². The Balaban J connectivity index is 2.78. The molecule has 0 aromatic carbocycles. The number of aromatic nitrogens is 2. The van der Waals surface area contributed by atoms with E-state index in [1.807, 2.05) is 13.8 Å². The molecule has 0 saturated carbocycles. The molecule has 2 N–H and O–H groups in total. The van der Waals surface area contributed by atoms with Gasteiger partial charge in [0.05, 0.1) is 0 Å². The lowest BCUT2D eigenvalue weighted by Gasteiger charge is -2.17. The fourth-order valence-electron chi connectivity index (χ4n) is 0.828. The van der Waals surface area contributed by atoms with E-state index in [0.717, 1.165) is 0 Å². The molecule has 0 fully saturated rings. The highest BCUT2D eigenvalue weighted by atomic mass is 16.5. The van der Waals surface area contributed by atoms with Gasteiger partial charge in [0, 0.05) is 25.0 Å². The summed E-state index contributed by atoms with van der Waals surface area (Å²) in [5, 5.41) is 0. The normalized spacial score (nSPS) is 11.4. The molecule has 0 radical (unpaired) electrons. The van der Waals surface area contributed by atoms with Gasteiger partial charge in [-0.3, -0.25) is 4.79 Å². The zero-order valence-electron chi connectivity index (χ0n) is 8.65. The second-order valence-electron chi connectivity index (χ2n) is 3.93. The molecule has 0 unspecified atom stereocenters. The molecule has 0 aliphatic carbocycles. The summed E-state index contributed by atoms with van der Waals surface area (Å²) >= 11 is 0. The van der Waals surface area contributed by atoms with Gasteiger partial charge in [0.15, 0.2) is 0 Å². The Labute approximate surface area is 82.5 Å². The van der Waals surface area contributed by atoms with Crippen molar-refractivity contribution in [1.82, 2.24) is 9.55 Å². The second kappa shape index (κ2) is 3.79. The maximum Gasteiger partial charge on any atom is 0.313 e. The molecule has 0 amide bonds. The Bertz CT molecular complexity index is 365. The van der Waals surface area contributed by atoms with Crippen molar-refractivity contribution >= 4 is 0 Å². The zero-order valence-corrected chi connectivity index (χ0v) is 8.65. The van der Waals surface area contributed by atoms with Crippen LogP contribution < -0.4 is 16.0 Å². The minimum absolute atomic E-state index is 0.0912. The Morgan fingerprint density at radius 1 is 1.64 bits per heavy atom. The summed E-state index contributed by atoms with van der Waals surface area (Å²) in [4.78, 5) is 15.3. The van der Waals surface area contributed by atoms with Crippen molar-refractivity contribution in [3.05, 3.63) is 22.7 Å². The third kappa shape index (κ3) is 2.85. The fourth-order valence-corrected chi connectivity index (χ4v) is 0.828. The molecule has 0 atom stereocenters. The number of hydrogen-bond donors (Lipinski definition) is 1. The van der Waals surface area contributed by atoms with Crippen molar-refractivity contribution in [2.45, 2.75) is 19.4 Å². The lowest BCUT2D eigenvalue weighted by molar-refractivity contribution is 0.230. The molecule has 5 nitrogen and oxygen atoms in total. The summed E-state index contributed by atoms with van der Waals surface area (Å²) < 4.78 is 6.62. The van der Waals surface area contributed by atoms with E-state index in [2.05, 4.69) is 4.98 Å². The number of nitrogens with zero attached hydrogens (tertiary/aromatic N) is 2. The van der Waals surface area contributed by atoms with Gasteiger partial charge in [0.25, 0.3) is 5.88 Å². The highest BCUT2D eigenvalue weighted by molar-refractivity contribution is 5.04. The first-order valence-electron chi connectivity index (χ1n) is 4.33. The summed E-state index contributed by atoms with van der Waals surface area (Å²) in [5.74, 6) is 0.0912. The first kappa shape index (κ1) is 10.7. The highest BCUT2D eigenvalue weighted by Crippen LogP contribution is 2.01. The maximum atomic E-state index is 11.4. The molecule has 14 heavy (non-hydrogen) atoms. The topological polar surface area (TPSA) is 70.1 Å². The monoisotopic (exact) mass is 197 g/mol. The van der Waals surface area contributed by atoms with Crippen molar-refractivity contribution in [3.8, 4) is 5.88 Å². The lowest BCUT2D eigenvalue weighted by atomic mass is 10.1. The van der Waals surface area contributed by atoms with E-state index < -0.39 is 5.54 Å². The third-order valence-electron chi connectivity index (χ3n) is 1.57. The Morgan fingerprint density at radius 3 is 2.86 bits per heavy atom. The standard InChI is InChI=1S/C9H15N3O2/c1-9(2,10)6-14-7-8(13)12(3)5-4-11-7/h4-5H,6,10H2,1-3H3. The van der Waals surface area contributed by atoms with Crippen LogP contribution in [0.25, 0.3) is 0 Å². The summed E-state index contributed by atoms with van der Waals surface area (Å²) in [6.07, 6.45) is 3.09. The number of nitrogens with two attached hydrogens (primary N) is 1. The van der Waals surface area contributed by atoms with Crippen LogP contribution >= 0.6 is 0 Å². The molecule has 1 heterocycles. The predicted octanol–water partition coefficient (Wildman–Crippen LogP) is -0.104. The van der Waals surface area contributed by atoms with E-state index in [1.165, 1.54) is 10.8 Å². The van der Waals surface area contributed by atoms with Gasteiger partial charge in [0.1, 0.15) is 6.61 Å². The lowest BCUT2D eigenvalue weighted by Crippen LogP contribution is -2.39. The van der Waals surface area contributed by atoms with E-state index in [0.29, 0.717) is 0 Å². The summed E-state index contributed by atoms with van der Waals surface area (Å²) in [6, 6.07) is 0. The first-order chi connectivity index (χ1) is 6.40. The van der Waals surface area contributed by atoms with Crippen molar-refractivity contribution in [1.29, 1.82) is 0 Å². The molecule has 1 aromatic rings. The number of aryl methyl sites for hydroxylation is 1. The predicted molar refractivity (Wildman–Crippen MR) is 53.2 cm³/mol. The molecule has 1 aromatic heterocycles. The van der Waals surface area contributed by atoms with Crippen molar-refractivity contribution in [3.63, 3.8) is 0 Å². The van der Waals surface area contributed by atoms with Crippen LogP contribution in [-0.2, 0) is 7.05 Å². The Kier molecular flexibility index (Phi) is 2.90. The smallest absolute Gasteiger partial charge is 0.313 e. The van der Waals surface area contributed by atoms with E-state index in [9.17, 15) is 4.79 Å². The molecule has 1 rings (SSSR count). The van der Waals surface area contributed by atoms with Gasteiger partial charge in [-0.2, -0.15) is 0 Å². The molecule has 0 aliphatic heterocycles. The highest BCUT2D eigenvalue weighted by Gasteiger charge is 2.13. The van der Waals surface area contributed by atoms with Gasteiger partial charge in [-0.1, -0.05) is 0 Å². The SMILES string of the molecule is Cn1ccnc(OCC(C)(C)N)c1=O. The van der Waals surface area contributed by atoms with Crippen LogP contribution in [0.4, 0.5) is 0 Å². The van der Waals surface area contributed by atoms with Crippen LogP contribution in [0.2, 0.25) is 0 Å². The first-order valence-corrected chi connectivity index (χ1v) is 4.33. The quantitative estimate of drug-likeness (QED) is 0.734. The van der Waals surface area contributed by atoms with Crippen LogP contribution in [0, 0.1) is 0 Å². The van der Waals surface area contributed by atoms with Gasteiger partial charge in [-0.05, 0) is 13.8 Å². The Morgan fingerprint density at radius 2 is 2.29 bits per heavy atom. The second-order valence-corrected chi connectivity index (χ2v) is 3.93. The van der Waals surface area contributed by atoms with Crippen LogP contribution in [0.3, 0.4) is 0 Å². The van der Waals surface area contributed by atoms with E-state index in [-0.39, 0.29) is 18.0 Å². The fraction of sp³-hybridized carbons (Fsp3) is 0.556. The van der Waals surface area contributed by atoms with Crippen molar-refractivity contribution in [2.75, 3.05) is 6.61 Å². The minimum Gasteiger partial charge on any atom is -0.472 e. The van der Waals surface area contributed by atoms with Crippen LogP contribution in [-0.4, -0.2) is 21.7 Å². The van der Waals surface area contributed by atoms with Crippen LogP contribution in [0.5, 0.6) is 5.88 Å². The minimum atomic E-state index is -0.470. The van der Waals surface area contributed by atoms with Crippen LogP contribution in [0.1, 0.15) is 13.8 Å². The molecule has 0 spiro atoms. The summed E-state index contributed by atoms with van der Waals surface area (Å²) in [5.41, 5.74) is 4.99. The average molecular weight is 197 g/mol. The molecule has 0 aliphatic rings. The van der Waals surface area contributed by atoms with Crippen molar-refractivity contribution in [2.24, 2.45) is 12.8 Å². The number of rotatable bonds is 3. The van der Waals surface area contributed by atoms with Gasteiger partial charge in [0.2, 0.25) is 0 Å². The largest absolute Gasteiger partial charge is 0.472 e. The number of hydrogen-bond acceptors (Lipinski definition) is 4. The third-order valence-corrected chi connectivity index (χ3v) is 1.57. The molecular weight excluding hydrogens is 182 g/mol. The maximum absolute atomic E-state index is 11.4. The summed E-state index contributed by atoms with van der Waals surface area (Å²) in [7, 11) is 1.64. The number of ether oxygens (including phenoxy) is 1. The van der Waals surface area contributed by atoms with E-state index in [1.54, 1.807) is 13.2 Å². The van der Waals surface area contributed by atoms with E-state index >= 15 is 0 Å². The van der Waals surface area contributed by atoms with E-state index in [4.69, 9.17) is 10.5 Å².